The first-order chi connectivity index (χ1) is 16.0. The van der Waals surface area contributed by atoms with E-state index in [-0.39, 0.29) is 0 Å². The molecule has 0 bridgehead atoms. The number of carboxylic acid groups (broad SMARTS) is 1. The summed E-state index contributed by atoms with van der Waals surface area (Å²) in [5.74, 6) is -0.324. The Morgan fingerprint density at radius 1 is 1.15 bits per heavy atom. The summed E-state index contributed by atoms with van der Waals surface area (Å²) in [6.45, 7) is 3.90. The van der Waals surface area contributed by atoms with Crippen LogP contribution in [0.3, 0.4) is 0 Å². The Morgan fingerprint density at radius 2 is 1.94 bits per heavy atom. The number of fused-ring (bicyclic) bond motifs is 3. The van der Waals surface area contributed by atoms with Gasteiger partial charge in [-0.15, -0.1) is 5.10 Å². The maximum absolute atomic E-state index is 12.1. The van der Waals surface area contributed by atoms with Crippen LogP contribution in [0.1, 0.15) is 28.3 Å². The quantitative estimate of drug-likeness (QED) is 0.278. The zero-order chi connectivity index (χ0) is 22.9. The molecule has 11 heteroatoms. The fourth-order valence-electron chi connectivity index (χ4n) is 3.65. The van der Waals surface area contributed by atoms with Crippen molar-refractivity contribution in [1.82, 2.24) is 39.7 Å². The van der Waals surface area contributed by atoms with Crippen molar-refractivity contribution in [2.45, 2.75) is 37.1 Å². The number of hydrogen-bond donors (Lipinski definition) is 2. The first-order valence-electron chi connectivity index (χ1n) is 10.3. The molecule has 10 nitrogen and oxygen atoms in total. The molecule has 5 aromatic rings. The van der Waals surface area contributed by atoms with Crippen LogP contribution in [0.2, 0.25) is 0 Å². The predicted octanol–water partition coefficient (Wildman–Crippen LogP) is 2.79. The minimum atomic E-state index is -0.924. The van der Waals surface area contributed by atoms with Crippen LogP contribution in [0.4, 0.5) is 0 Å². The molecule has 5 heterocycles. The number of aliphatic carboxylic acids is 1. The molecule has 0 aromatic carbocycles. The van der Waals surface area contributed by atoms with Gasteiger partial charge in [0.15, 0.2) is 16.6 Å². The largest absolute Gasteiger partial charge is 0.480 e. The highest BCUT2D eigenvalue weighted by molar-refractivity contribution is 8.00. The maximum atomic E-state index is 12.1. The smallest absolute Gasteiger partial charge is 0.317 e. The molecular formula is C22H20N8O2S. The summed E-state index contributed by atoms with van der Waals surface area (Å²) in [4.78, 5) is 29.7. The molecular weight excluding hydrogens is 440 g/mol. The van der Waals surface area contributed by atoms with Gasteiger partial charge < -0.3 is 5.11 Å². The first-order valence-corrected chi connectivity index (χ1v) is 11.2. The molecule has 33 heavy (non-hydrogen) atoms. The number of aromatic nitrogens is 8. The molecule has 0 fully saturated rings. The monoisotopic (exact) mass is 460 g/mol. The molecule has 1 unspecified atom stereocenters. The third-order valence-corrected chi connectivity index (χ3v) is 6.52. The molecule has 0 amide bonds. The Kier molecular flexibility index (Phi) is 5.47. The third kappa shape index (κ3) is 4.14. The van der Waals surface area contributed by atoms with Crippen LogP contribution in [0.5, 0.6) is 0 Å². The minimum absolute atomic E-state index is 0.328. The van der Waals surface area contributed by atoms with E-state index in [1.807, 2.05) is 26.0 Å². The molecule has 5 rings (SSSR count). The van der Waals surface area contributed by atoms with Crippen molar-refractivity contribution in [3.63, 3.8) is 0 Å². The SMILES string of the molecule is Cc1n[nH]c(C)c1Cc1nc2c3cnccc3nc(SC(Cc3ccncc3)C(=O)O)n2n1. The Morgan fingerprint density at radius 3 is 2.67 bits per heavy atom. The number of nitrogens with one attached hydrogen (secondary N) is 1. The molecule has 0 saturated carbocycles. The van der Waals surface area contributed by atoms with Crippen molar-refractivity contribution < 1.29 is 9.90 Å². The lowest BCUT2D eigenvalue weighted by Gasteiger charge is -2.12. The number of thioether (sulfide) groups is 1. The standard InChI is InChI=1S/C22H20N8O2S/c1-12-15(13(2)28-27-12)10-19-26-20-16-11-24-8-5-17(16)25-22(30(20)29-19)33-18(21(31)32)9-14-3-6-23-7-4-14/h3-8,11,18H,9-10H2,1-2H3,(H,27,28)(H,31,32). The van der Waals surface area contributed by atoms with Gasteiger partial charge in [-0.05, 0) is 44.0 Å². The molecule has 0 radical (unpaired) electrons. The van der Waals surface area contributed by atoms with Crippen molar-refractivity contribution in [2.24, 2.45) is 0 Å². The van der Waals surface area contributed by atoms with Gasteiger partial charge in [-0.2, -0.15) is 9.61 Å². The molecule has 2 N–H and O–H groups in total. The van der Waals surface area contributed by atoms with Crippen LogP contribution in [-0.2, 0) is 17.6 Å². The Balaban J connectivity index is 1.58. The summed E-state index contributed by atoms with van der Waals surface area (Å²) in [7, 11) is 0. The van der Waals surface area contributed by atoms with Crippen LogP contribution < -0.4 is 0 Å². The Labute approximate surface area is 192 Å². The normalized spacial score (nSPS) is 12.4. The van der Waals surface area contributed by atoms with E-state index >= 15 is 0 Å². The topological polar surface area (TPSA) is 135 Å². The van der Waals surface area contributed by atoms with Gasteiger partial charge in [-0.1, -0.05) is 11.8 Å². The van der Waals surface area contributed by atoms with E-state index in [2.05, 4.69) is 25.3 Å². The summed E-state index contributed by atoms with van der Waals surface area (Å²) in [5.41, 5.74) is 5.07. The Bertz CT molecular complexity index is 1440. The lowest BCUT2D eigenvalue weighted by atomic mass is 10.1. The molecule has 166 valence electrons. The average Bonchev–Trinajstić information content (AvgIpc) is 3.38. The van der Waals surface area contributed by atoms with Gasteiger partial charge in [0.25, 0.3) is 0 Å². The van der Waals surface area contributed by atoms with Gasteiger partial charge in [0.05, 0.1) is 16.6 Å². The van der Waals surface area contributed by atoms with E-state index in [9.17, 15) is 9.90 Å². The average molecular weight is 461 g/mol. The lowest BCUT2D eigenvalue weighted by molar-refractivity contribution is -0.136. The summed E-state index contributed by atoms with van der Waals surface area (Å²) < 4.78 is 1.62. The van der Waals surface area contributed by atoms with E-state index in [1.54, 1.807) is 35.4 Å². The molecule has 0 aliphatic carbocycles. The predicted molar refractivity (Wildman–Crippen MR) is 122 cm³/mol. The molecule has 1 atom stereocenters. The van der Waals surface area contributed by atoms with Crippen LogP contribution in [-0.4, -0.2) is 56.1 Å². The highest BCUT2D eigenvalue weighted by Gasteiger charge is 2.24. The second kappa shape index (κ2) is 8.58. The van der Waals surface area contributed by atoms with Gasteiger partial charge in [0.2, 0.25) is 0 Å². The van der Waals surface area contributed by atoms with Gasteiger partial charge in [-0.3, -0.25) is 19.9 Å². The van der Waals surface area contributed by atoms with Crippen molar-refractivity contribution in [2.75, 3.05) is 0 Å². The fourth-order valence-corrected chi connectivity index (χ4v) is 4.66. The van der Waals surface area contributed by atoms with Gasteiger partial charge in [0, 0.05) is 42.5 Å². The maximum Gasteiger partial charge on any atom is 0.317 e. The van der Waals surface area contributed by atoms with Crippen LogP contribution >= 0.6 is 11.8 Å². The number of rotatable bonds is 7. The summed E-state index contributed by atoms with van der Waals surface area (Å²) in [5, 5.41) is 22.3. The van der Waals surface area contributed by atoms with Crippen molar-refractivity contribution in [3.05, 3.63) is 71.3 Å². The number of carbonyl (C=O) groups is 1. The lowest BCUT2D eigenvalue weighted by Crippen LogP contribution is -2.20. The van der Waals surface area contributed by atoms with Crippen molar-refractivity contribution in [3.8, 4) is 0 Å². The van der Waals surface area contributed by atoms with Crippen LogP contribution in [0.25, 0.3) is 16.6 Å². The number of aromatic amines is 1. The van der Waals surface area contributed by atoms with Gasteiger partial charge >= 0.3 is 5.97 Å². The van der Waals surface area contributed by atoms with Crippen molar-refractivity contribution in [1.29, 1.82) is 0 Å². The fraction of sp³-hybridized carbons (Fsp3) is 0.227. The summed E-state index contributed by atoms with van der Waals surface area (Å²) in [6.07, 6.45) is 7.49. The van der Waals surface area contributed by atoms with Gasteiger partial charge in [-0.25, -0.2) is 9.97 Å². The zero-order valence-electron chi connectivity index (χ0n) is 17.9. The van der Waals surface area contributed by atoms with Crippen LogP contribution in [0.15, 0.2) is 48.1 Å². The van der Waals surface area contributed by atoms with Crippen molar-refractivity contribution >= 4 is 34.3 Å². The van der Waals surface area contributed by atoms with E-state index < -0.39 is 11.2 Å². The van der Waals surface area contributed by atoms with Crippen LogP contribution in [0, 0.1) is 13.8 Å². The molecule has 0 aliphatic rings. The van der Waals surface area contributed by atoms with Gasteiger partial charge in [0.1, 0.15) is 5.25 Å². The molecule has 0 aliphatic heterocycles. The second-order valence-electron chi connectivity index (χ2n) is 7.64. The number of aryl methyl sites for hydroxylation is 2. The summed E-state index contributed by atoms with van der Waals surface area (Å²) >= 11 is 1.15. The number of hydrogen-bond acceptors (Lipinski definition) is 8. The highest BCUT2D eigenvalue weighted by Crippen LogP contribution is 2.28. The van der Waals surface area contributed by atoms with E-state index in [1.165, 1.54) is 0 Å². The first kappa shape index (κ1) is 21.0. The molecule has 0 saturated heterocycles. The number of nitrogens with zero attached hydrogens (tertiary/aromatic N) is 7. The highest BCUT2D eigenvalue weighted by atomic mass is 32.2. The molecule has 0 spiro atoms. The Hall–Kier alpha value is -3.86. The number of H-pyrrole nitrogens is 1. The summed E-state index contributed by atoms with van der Waals surface area (Å²) in [6, 6.07) is 5.42. The number of carboxylic acids is 1. The molecule has 5 aromatic heterocycles. The zero-order valence-corrected chi connectivity index (χ0v) is 18.7. The van der Waals surface area contributed by atoms with E-state index in [0.29, 0.717) is 35.0 Å². The number of pyridine rings is 2. The minimum Gasteiger partial charge on any atom is -0.480 e. The van der Waals surface area contributed by atoms with E-state index in [4.69, 9.17) is 9.97 Å². The van der Waals surface area contributed by atoms with E-state index in [0.717, 1.165) is 39.7 Å². The second-order valence-corrected chi connectivity index (χ2v) is 8.81. The third-order valence-electron chi connectivity index (χ3n) is 5.40.